The van der Waals surface area contributed by atoms with Crippen LogP contribution in [0.1, 0.15) is 19.8 Å². The van der Waals surface area contributed by atoms with Crippen molar-refractivity contribution in [2.24, 2.45) is 10.7 Å². The summed E-state index contributed by atoms with van der Waals surface area (Å²) in [6.45, 7) is 1.46. The number of nitrogens with zero attached hydrogens (tertiary/aromatic N) is 1. The van der Waals surface area contributed by atoms with E-state index in [1.165, 1.54) is 6.92 Å². The standard InChI is InChI=1S/C7H12N2O4/c1-4(8)9-5(7(12)13)2-3-6(10)11/h5H,2-3H2,1H3,(H2,8,9)(H,10,11)(H,12,13)/t5-/m0/s1. The molecule has 0 amide bonds. The molecule has 0 aliphatic rings. The van der Waals surface area contributed by atoms with Crippen molar-refractivity contribution >= 4 is 17.8 Å². The lowest BCUT2D eigenvalue weighted by atomic mass is 10.1. The fraction of sp³-hybridized carbons (Fsp3) is 0.571. The van der Waals surface area contributed by atoms with Gasteiger partial charge in [-0.15, -0.1) is 0 Å². The van der Waals surface area contributed by atoms with Gasteiger partial charge in [-0.3, -0.25) is 9.79 Å². The minimum atomic E-state index is -1.16. The number of carboxylic acid groups (broad SMARTS) is 2. The molecule has 0 aromatic carbocycles. The number of carbonyl (C=O) groups is 2. The van der Waals surface area contributed by atoms with Crippen LogP contribution in [0.4, 0.5) is 0 Å². The van der Waals surface area contributed by atoms with E-state index in [1.54, 1.807) is 0 Å². The predicted molar refractivity (Wildman–Crippen MR) is 45.6 cm³/mol. The molecule has 0 heterocycles. The zero-order valence-corrected chi connectivity index (χ0v) is 7.23. The Kier molecular flexibility index (Phi) is 4.50. The van der Waals surface area contributed by atoms with E-state index in [4.69, 9.17) is 15.9 Å². The van der Waals surface area contributed by atoms with Gasteiger partial charge < -0.3 is 15.9 Å². The summed E-state index contributed by atoms with van der Waals surface area (Å²) < 4.78 is 0. The molecular weight excluding hydrogens is 176 g/mol. The van der Waals surface area contributed by atoms with Gasteiger partial charge in [0.1, 0.15) is 6.04 Å². The first kappa shape index (κ1) is 11.4. The molecule has 1 atom stereocenters. The fourth-order valence-electron chi connectivity index (χ4n) is 0.749. The van der Waals surface area contributed by atoms with Gasteiger partial charge in [-0.25, -0.2) is 4.79 Å². The Morgan fingerprint density at radius 2 is 2.00 bits per heavy atom. The molecule has 13 heavy (non-hydrogen) atoms. The fourth-order valence-corrected chi connectivity index (χ4v) is 0.749. The summed E-state index contributed by atoms with van der Waals surface area (Å²) in [6.07, 6.45) is -0.271. The average molecular weight is 188 g/mol. The molecule has 0 unspecified atom stereocenters. The summed E-state index contributed by atoms with van der Waals surface area (Å²) in [5.41, 5.74) is 5.18. The van der Waals surface area contributed by atoms with Gasteiger partial charge in [0.25, 0.3) is 0 Å². The van der Waals surface area contributed by atoms with Crippen LogP contribution in [0.25, 0.3) is 0 Å². The monoisotopic (exact) mass is 188 g/mol. The van der Waals surface area contributed by atoms with Crippen molar-refractivity contribution < 1.29 is 19.8 Å². The molecule has 0 radical (unpaired) electrons. The molecule has 0 spiro atoms. The normalized spacial score (nSPS) is 13.8. The highest BCUT2D eigenvalue weighted by molar-refractivity contribution is 5.83. The Morgan fingerprint density at radius 1 is 1.46 bits per heavy atom. The van der Waals surface area contributed by atoms with Crippen LogP contribution in [-0.4, -0.2) is 34.0 Å². The molecule has 6 nitrogen and oxygen atoms in total. The molecule has 0 aromatic rings. The maximum atomic E-state index is 10.5. The van der Waals surface area contributed by atoms with Gasteiger partial charge in [-0.1, -0.05) is 0 Å². The SMILES string of the molecule is CC(N)=N[C@@H](CCC(=O)O)C(=O)O. The van der Waals surface area contributed by atoms with Crippen LogP contribution in [-0.2, 0) is 9.59 Å². The van der Waals surface area contributed by atoms with Gasteiger partial charge in [0.15, 0.2) is 0 Å². The van der Waals surface area contributed by atoms with E-state index in [0.29, 0.717) is 0 Å². The van der Waals surface area contributed by atoms with Crippen LogP contribution < -0.4 is 5.73 Å². The second-order valence-corrected chi connectivity index (χ2v) is 2.56. The summed E-state index contributed by atoms with van der Waals surface area (Å²) in [6, 6.07) is -1.05. The van der Waals surface area contributed by atoms with Gasteiger partial charge in [0, 0.05) is 6.42 Å². The Bertz CT molecular complexity index is 233. The van der Waals surface area contributed by atoms with E-state index < -0.39 is 18.0 Å². The minimum absolute atomic E-state index is 0.0425. The Morgan fingerprint density at radius 3 is 2.31 bits per heavy atom. The highest BCUT2D eigenvalue weighted by Crippen LogP contribution is 2.02. The number of hydrogen-bond donors (Lipinski definition) is 3. The van der Waals surface area contributed by atoms with Crippen LogP contribution >= 0.6 is 0 Å². The van der Waals surface area contributed by atoms with Gasteiger partial charge in [-0.2, -0.15) is 0 Å². The summed E-state index contributed by atoms with van der Waals surface area (Å²) >= 11 is 0. The third kappa shape index (κ3) is 5.66. The van der Waals surface area contributed by atoms with Crippen molar-refractivity contribution in [2.45, 2.75) is 25.8 Å². The Hall–Kier alpha value is -1.59. The second-order valence-electron chi connectivity index (χ2n) is 2.56. The smallest absolute Gasteiger partial charge is 0.328 e. The summed E-state index contributed by atoms with van der Waals surface area (Å²) in [5, 5.41) is 16.9. The summed E-state index contributed by atoms with van der Waals surface area (Å²) in [7, 11) is 0. The largest absolute Gasteiger partial charge is 0.481 e. The minimum Gasteiger partial charge on any atom is -0.481 e. The molecule has 74 valence electrons. The zero-order chi connectivity index (χ0) is 10.4. The molecular formula is C7H12N2O4. The molecule has 0 rings (SSSR count). The van der Waals surface area contributed by atoms with Gasteiger partial charge in [0.05, 0.1) is 5.84 Å². The highest BCUT2D eigenvalue weighted by atomic mass is 16.4. The molecule has 4 N–H and O–H groups in total. The maximum absolute atomic E-state index is 10.5. The molecule has 0 saturated heterocycles. The molecule has 0 aliphatic heterocycles. The van der Waals surface area contributed by atoms with E-state index >= 15 is 0 Å². The number of carboxylic acids is 2. The summed E-state index contributed by atoms with van der Waals surface area (Å²) in [4.78, 5) is 24.2. The van der Waals surface area contributed by atoms with Crippen molar-refractivity contribution in [3.63, 3.8) is 0 Å². The van der Waals surface area contributed by atoms with Gasteiger partial charge in [0.2, 0.25) is 0 Å². The molecule has 0 aromatic heterocycles. The number of aliphatic carboxylic acids is 2. The molecule has 0 aliphatic carbocycles. The molecule has 0 bridgehead atoms. The van der Waals surface area contributed by atoms with E-state index in [1.807, 2.05) is 0 Å². The van der Waals surface area contributed by atoms with Crippen LogP contribution in [0, 0.1) is 0 Å². The van der Waals surface area contributed by atoms with Crippen LogP contribution in [0.5, 0.6) is 0 Å². The Balaban J connectivity index is 4.19. The lowest BCUT2D eigenvalue weighted by Crippen LogP contribution is -2.22. The first-order chi connectivity index (χ1) is 5.93. The van der Waals surface area contributed by atoms with Crippen LogP contribution in [0.2, 0.25) is 0 Å². The number of aliphatic imine (C=N–C) groups is 1. The average Bonchev–Trinajstić information content (AvgIpc) is 1.96. The molecule has 6 heteroatoms. The molecule has 0 fully saturated rings. The number of amidine groups is 1. The number of rotatable bonds is 5. The van der Waals surface area contributed by atoms with Crippen molar-refractivity contribution in [3.8, 4) is 0 Å². The van der Waals surface area contributed by atoms with Crippen molar-refractivity contribution in [1.82, 2.24) is 0 Å². The summed E-state index contributed by atoms with van der Waals surface area (Å²) in [5.74, 6) is -2.07. The van der Waals surface area contributed by atoms with Gasteiger partial charge in [-0.05, 0) is 13.3 Å². The van der Waals surface area contributed by atoms with Crippen molar-refractivity contribution in [3.05, 3.63) is 0 Å². The van der Waals surface area contributed by atoms with Crippen LogP contribution in [0.15, 0.2) is 4.99 Å². The maximum Gasteiger partial charge on any atom is 0.328 e. The second kappa shape index (κ2) is 5.13. The first-order valence-electron chi connectivity index (χ1n) is 3.68. The topological polar surface area (TPSA) is 113 Å². The van der Waals surface area contributed by atoms with Gasteiger partial charge >= 0.3 is 11.9 Å². The van der Waals surface area contributed by atoms with E-state index in [0.717, 1.165) is 0 Å². The predicted octanol–water partition coefficient (Wildman–Crippen LogP) is -0.318. The Labute approximate surface area is 75.1 Å². The number of hydrogen-bond acceptors (Lipinski definition) is 3. The first-order valence-corrected chi connectivity index (χ1v) is 3.68. The third-order valence-corrected chi connectivity index (χ3v) is 1.28. The van der Waals surface area contributed by atoms with E-state index in [2.05, 4.69) is 4.99 Å². The van der Waals surface area contributed by atoms with E-state index in [9.17, 15) is 9.59 Å². The molecule has 0 saturated carbocycles. The quantitative estimate of drug-likeness (QED) is 0.404. The highest BCUT2D eigenvalue weighted by Gasteiger charge is 2.17. The van der Waals surface area contributed by atoms with E-state index in [-0.39, 0.29) is 18.7 Å². The van der Waals surface area contributed by atoms with Crippen LogP contribution in [0.3, 0.4) is 0 Å². The zero-order valence-electron chi connectivity index (χ0n) is 7.23. The number of nitrogens with two attached hydrogens (primary N) is 1. The lowest BCUT2D eigenvalue weighted by molar-refractivity contribution is -0.139. The van der Waals surface area contributed by atoms with Crippen molar-refractivity contribution in [2.75, 3.05) is 0 Å². The third-order valence-electron chi connectivity index (χ3n) is 1.28. The van der Waals surface area contributed by atoms with Crippen molar-refractivity contribution in [1.29, 1.82) is 0 Å². The lowest BCUT2D eigenvalue weighted by Gasteiger charge is -2.05.